The first kappa shape index (κ1) is 16.1. The Morgan fingerprint density at radius 1 is 1.19 bits per heavy atom. The van der Waals surface area contributed by atoms with Crippen LogP contribution < -0.4 is 5.32 Å². The molecule has 0 radical (unpaired) electrons. The first-order valence-corrected chi connectivity index (χ1v) is 7.55. The number of nitrogens with zero attached hydrogens (tertiary/aromatic N) is 1. The number of hydrogen-bond donors (Lipinski definition) is 1. The van der Waals surface area contributed by atoms with Crippen LogP contribution >= 0.6 is 39.1 Å². The minimum absolute atomic E-state index is 0.0739. The quantitative estimate of drug-likeness (QED) is 0.548. The number of aryl methyl sites for hydroxylation is 1. The lowest BCUT2D eigenvalue weighted by atomic mass is 10.1. The van der Waals surface area contributed by atoms with Gasteiger partial charge in [-0.1, -0.05) is 23.2 Å². The number of halogens is 3. The monoisotopic (exact) mass is 388 g/mol. The number of anilines is 1. The van der Waals surface area contributed by atoms with Gasteiger partial charge in [0.05, 0.1) is 10.6 Å². The zero-order valence-electron chi connectivity index (χ0n) is 11.0. The van der Waals surface area contributed by atoms with E-state index in [1.807, 2.05) is 0 Å². The van der Waals surface area contributed by atoms with Crippen molar-refractivity contribution < 1.29 is 4.92 Å². The fourth-order valence-corrected chi connectivity index (χ4v) is 3.07. The molecular weight excluding hydrogens is 379 g/mol. The largest absolute Gasteiger partial charge is 0.380 e. The molecule has 0 atom stereocenters. The number of nitro benzene ring substituents is 1. The van der Waals surface area contributed by atoms with Crippen LogP contribution in [0.2, 0.25) is 10.0 Å². The van der Waals surface area contributed by atoms with E-state index in [2.05, 4.69) is 21.2 Å². The van der Waals surface area contributed by atoms with Crippen LogP contribution in [0.3, 0.4) is 0 Å². The Bertz CT molecular complexity index is 687. The van der Waals surface area contributed by atoms with Crippen LogP contribution in [0.1, 0.15) is 11.1 Å². The third-order valence-electron chi connectivity index (χ3n) is 2.89. The molecule has 0 unspecified atom stereocenters. The molecule has 0 aromatic heterocycles. The van der Waals surface area contributed by atoms with Gasteiger partial charge in [0.15, 0.2) is 0 Å². The van der Waals surface area contributed by atoms with Gasteiger partial charge in [-0.25, -0.2) is 0 Å². The molecule has 0 aliphatic rings. The standard InChI is InChI=1S/C14H11BrCl2N2O2/c1-8-2-12(15)13(6-14(8)19(20)21)18-7-9-3-10(16)5-11(17)4-9/h2-6,18H,7H2,1H3. The molecule has 4 nitrogen and oxygen atoms in total. The summed E-state index contributed by atoms with van der Waals surface area (Å²) in [6.07, 6.45) is 0. The lowest BCUT2D eigenvalue weighted by Crippen LogP contribution is -2.02. The Morgan fingerprint density at radius 3 is 2.38 bits per heavy atom. The van der Waals surface area contributed by atoms with Crippen molar-refractivity contribution >= 4 is 50.5 Å². The van der Waals surface area contributed by atoms with Crippen molar-refractivity contribution in [1.82, 2.24) is 0 Å². The van der Waals surface area contributed by atoms with Crippen molar-refractivity contribution in [3.05, 3.63) is 66.1 Å². The van der Waals surface area contributed by atoms with Gasteiger partial charge >= 0.3 is 0 Å². The summed E-state index contributed by atoms with van der Waals surface area (Å²) in [4.78, 5) is 10.6. The average Bonchev–Trinajstić information content (AvgIpc) is 2.36. The van der Waals surface area contributed by atoms with Crippen LogP contribution in [-0.2, 0) is 6.54 Å². The van der Waals surface area contributed by atoms with Gasteiger partial charge in [0.25, 0.3) is 5.69 Å². The van der Waals surface area contributed by atoms with E-state index in [1.165, 1.54) is 6.07 Å². The molecule has 0 bridgehead atoms. The molecule has 110 valence electrons. The molecule has 0 saturated heterocycles. The molecule has 0 fully saturated rings. The molecular formula is C14H11BrCl2N2O2. The molecule has 0 spiro atoms. The number of hydrogen-bond acceptors (Lipinski definition) is 3. The van der Waals surface area contributed by atoms with E-state index in [-0.39, 0.29) is 5.69 Å². The van der Waals surface area contributed by atoms with Gasteiger partial charge in [0.2, 0.25) is 0 Å². The van der Waals surface area contributed by atoms with E-state index in [0.717, 1.165) is 10.0 Å². The fraction of sp³-hybridized carbons (Fsp3) is 0.143. The van der Waals surface area contributed by atoms with E-state index in [4.69, 9.17) is 23.2 Å². The van der Waals surface area contributed by atoms with Crippen molar-refractivity contribution in [2.24, 2.45) is 0 Å². The SMILES string of the molecule is Cc1cc(Br)c(NCc2cc(Cl)cc(Cl)c2)cc1[N+](=O)[O-]. The molecule has 0 aliphatic carbocycles. The lowest BCUT2D eigenvalue weighted by molar-refractivity contribution is -0.385. The highest BCUT2D eigenvalue weighted by Gasteiger charge is 2.14. The third-order valence-corrected chi connectivity index (χ3v) is 3.98. The molecule has 21 heavy (non-hydrogen) atoms. The van der Waals surface area contributed by atoms with E-state index in [9.17, 15) is 10.1 Å². The minimum atomic E-state index is -0.400. The molecule has 2 aromatic rings. The normalized spacial score (nSPS) is 10.5. The summed E-state index contributed by atoms with van der Waals surface area (Å²) in [7, 11) is 0. The highest BCUT2D eigenvalue weighted by atomic mass is 79.9. The molecule has 1 N–H and O–H groups in total. The molecule has 2 rings (SSSR count). The molecule has 2 aromatic carbocycles. The highest BCUT2D eigenvalue weighted by molar-refractivity contribution is 9.10. The highest BCUT2D eigenvalue weighted by Crippen LogP contribution is 2.31. The van der Waals surface area contributed by atoms with Crippen LogP contribution in [0.15, 0.2) is 34.8 Å². The van der Waals surface area contributed by atoms with Crippen molar-refractivity contribution in [2.75, 3.05) is 5.32 Å². The van der Waals surface area contributed by atoms with Crippen LogP contribution in [0.5, 0.6) is 0 Å². The second-order valence-corrected chi connectivity index (χ2v) is 6.23. The number of benzene rings is 2. The summed E-state index contributed by atoms with van der Waals surface area (Å²) < 4.78 is 0.763. The Kier molecular flexibility index (Phi) is 5.08. The third kappa shape index (κ3) is 4.09. The zero-order chi connectivity index (χ0) is 15.6. The number of nitrogens with one attached hydrogen (secondary N) is 1. The first-order valence-electron chi connectivity index (χ1n) is 6.00. The van der Waals surface area contributed by atoms with Crippen molar-refractivity contribution in [2.45, 2.75) is 13.5 Å². The van der Waals surface area contributed by atoms with Crippen LogP contribution in [-0.4, -0.2) is 4.92 Å². The van der Waals surface area contributed by atoms with Gasteiger partial charge in [-0.2, -0.15) is 0 Å². The maximum absolute atomic E-state index is 11.0. The predicted molar refractivity (Wildman–Crippen MR) is 89.3 cm³/mol. The van der Waals surface area contributed by atoms with Gasteiger partial charge in [0.1, 0.15) is 0 Å². The molecule has 7 heteroatoms. The molecule has 0 aliphatic heterocycles. The van der Waals surface area contributed by atoms with Gasteiger partial charge < -0.3 is 5.32 Å². The smallest absolute Gasteiger partial charge is 0.274 e. The Labute approximate surface area is 140 Å². The summed E-state index contributed by atoms with van der Waals surface area (Å²) in [5.41, 5.74) is 2.21. The van der Waals surface area contributed by atoms with E-state index in [0.29, 0.717) is 27.8 Å². The second-order valence-electron chi connectivity index (χ2n) is 4.51. The summed E-state index contributed by atoms with van der Waals surface area (Å²) in [6, 6.07) is 8.45. The van der Waals surface area contributed by atoms with E-state index >= 15 is 0 Å². The van der Waals surface area contributed by atoms with Crippen molar-refractivity contribution in [3.63, 3.8) is 0 Å². The fourth-order valence-electron chi connectivity index (χ4n) is 1.90. The zero-order valence-corrected chi connectivity index (χ0v) is 14.1. The minimum Gasteiger partial charge on any atom is -0.380 e. The Morgan fingerprint density at radius 2 is 1.81 bits per heavy atom. The predicted octanol–water partition coefficient (Wildman–Crippen LogP) is 5.58. The average molecular weight is 390 g/mol. The van der Waals surface area contributed by atoms with Gasteiger partial charge in [-0.3, -0.25) is 10.1 Å². The molecule has 0 amide bonds. The molecule has 0 saturated carbocycles. The van der Waals surface area contributed by atoms with Gasteiger partial charge in [0, 0.05) is 32.7 Å². The maximum Gasteiger partial charge on any atom is 0.274 e. The summed E-state index contributed by atoms with van der Waals surface area (Å²) in [5.74, 6) is 0. The van der Waals surface area contributed by atoms with Gasteiger partial charge in [-0.05, 0) is 52.7 Å². The molecule has 0 heterocycles. The second kappa shape index (κ2) is 6.64. The van der Waals surface area contributed by atoms with Crippen molar-refractivity contribution in [1.29, 1.82) is 0 Å². The van der Waals surface area contributed by atoms with E-state index < -0.39 is 4.92 Å². The van der Waals surface area contributed by atoms with Crippen molar-refractivity contribution in [3.8, 4) is 0 Å². The van der Waals surface area contributed by atoms with Crippen LogP contribution in [0.4, 0.5) is 11.4 Å². The lowest BCUT2D eigenvalue weighted by Gasteiger charge is -2.10. The summed E-state index contributed by atoms with van der Waals surface area (Å²) in [6.45, 7) is 2.16. The maximum atomic E-state index is 11.0. The number of nitro groups is 1. The van der Waals surface area contributed by atoms with Gasteiger partial charge in [-0.15, -0.1) is 0 Å². The Balaban J connectivity index is 2.23. The first-order chi connectivity index (χ1) is 9.86. The topological polar surface area (TPSA) is 55.2 Å². The van der Waals surface area contributed by atoms with Crippen LogP contribution in [0, 0.1) is 17.0 Å². The van der Waals surface area contributed by atoms with Crippen LogP contribution in [0.25, 0.3) is 0 Å². The number of rotatable bonds is 4. The summed E-state index contributed by atoms with van der Waals surface area (Å²) in [5, 5.41) is 15.2. The van der Waals surface area contributed by atoms with E-state index in [1.54, 1.807) is 31.2 Å². The Hall–Kier alpha value is -1.30. The summed E-state index contributed by atoms with van der Waals surface area (Å²) >= 11 is 15.3.